The number of ether oxygens (including phenoxy) is 1. The summed E-state index contributed by atoms with van der Waals surface area (Å²) in [5.74, 6) is 2.58. The van der Waals surface area contributed by atoms with Gasteiger partial charge in [-0.25, -0.2) is 0 Å². The van der Waals surface area contributed by atoms with E-state index in [-0.39, 0.29) is 0 Å². The summed E-state index contributed by atoms with van der Waals surface area (Å²) in [6.45, 7) is 7.49. The van der Waals surface area contributed by atoms with Crippen LogP contribution >= 0.6 is 0 Å². The molecule has 2 N–H and O–H groups in total. The lowest BCUT2D eigenvalue weighted by Gasteiger charge is -2.43. The van der Waals surface area contributed by atoms with Crippen molar-refractivity contribution in [3.63, 3.8) is 0 Å². The Morgan fingerprint density at radius 2 is 1.95 bits per heavy atom. The van der Waals surface area contributed by atoms with Crippen molar-refractivity contribution in [2.45, 2.75) is 64.5 Å². The van der Waals surface area contributed by atoms with Gasteiger partial charge in [-0.2, -0.15) is 0 Å². The standard InChI is InChI=1S/C17H34N2O/c1-13-5-4-6-16(11-13)17(12-18)19(9-10-20-3)14(2)15-7-8-15/h13-17H,4-12,18H2,1-3H3. The molecule has 118 valence electrons. The van der Waals surface area contributed by atoms with Crippen molar-refractivity contribution < 1.29 is 4.74 Å². The average molecular weight is 282 g/mol. The predicted molar refractivity (Wildman–Crippen MR) is 84.7 cm³/mol. The first kappa shape index (κ1) is 16.3. The molecular formula is C17H34N2O. The monoisotopic (exact) mass is 282 g/mol. The lowest BCUT2D eigenvalue weighted by Crippen LogP contribution is -2.52. The molecule has 3 heteroatoms. The van der Waals surface area contributed by atoms with Crippen molar-refractivity contribution in [3.8, 4) is 0 Å². The maximum absolute atomic E-state index is 6.20. The Morgan fingerprint density at radius 1 is 1.20 bits per heavy atom. The number of hydrogen-bond donors (Lipinski definition) is 1. The summed E-state index contributed by atoms with van der Waals surface area (Å²) >= 11 is 0. The van der Waals surface area contributed by atoms with Gasteiger partial charge in [0, 0.05) is 32.3 Å². The molecule has 0 aliphatic heterocycles. The molecule has 4 atom stereocenters. The largest absolute Gasteiger partial charge is 0.383 e. The van der Waals surface area contributed by atoms with Gasteiger partial charge in [0.1, 0.15) is 0 Å². The van der Waals surface area contributed by atoms with Crippen LogP contribution in [-0.2, 0) is 4.74 Å². The summed E-state index contributed by atoms with van der Waals surface area (Å²) in [4.78, 5) is 2.68. The third kappa shape index (κ3) is 4.19. The zero-order chi connectivity index (χ0) is 14.5. The Labute approximate surface area is 125 Å². The second-order valence-corrected chi connectivity index (χ2v) is 7.14. The van der Waals surface area contributed by atoms with Crippen molar-refractivity contribution in [1.82, 2.24) is 4.90 Å². The van der Waals surface area contributed by atoms with E-state index in [9.17, 15) is 0 Å². The Kier molecular flexibility index (Phi) is 6.31. The highest BCUT2D eigenvalue weighted by atomic mass is 16.5. The molecule has 20 heavy (non-hydrogen) atoms. The maximum atomic E-state index is 6.20. The van der Waals surface area contributed by atoms with E-state index in [2.05, 4.69) is 18.7 Å². The van der Waals surface area contributed by atoms with Gasteiger partial charge in [-0.3, -0.25) is 4.90 Å². The van der Waals surface area contributed by atoms with Gasteiger partial charge in [0.25, 0.3) is 0 Å². The highest BCUT2D eigenvalue weighted by Crippen LogP contribution is 2.38. The number of hydrogen-bond acceptors (Lipinski definition) is 3. The first-order valence-corrected chi connectivity index (χ1v) is 8.62. The molecule has 2 fully saturated rings. The van der Waals surface area contributed by atoms with E-state index in [0.29, 0.717) is 12.1 Å². The molecule has 0 saturated heterocycles. The van der Waals surface area contributed by atoms with Crippen LogP contribution in [0.1, 0.15) is 52.4 Å². The van der Waals surface area contributed by atoms with Gasteiger partial charge in [-0.15, -0.1) is 0 Å². The zero-order valence-corrected chi connectivity index (χ0v) is 13.7. The molecule has 0 aromatic rings. The molecule has 2 aliphatic rings. The minimum absolute atomic E-state index is 0.559. The van der Waals surface area contributed by atoms with Gasteiger partial charge >= 0.3 is 0 Å². The second kappa shape index (κ2) is 7.77. The van der Waals surface area contributed by atoms with Crippen LogP contribution in [0.2, 0.25) is 0 Å². The fraction of sp³-hybridized carbons (Fsp3) is 1.00. The lowest BCUT2D eigenvalue weighted by atomic mass is 9.77. The van der Waals surface area contributed by atoms with Crippen LogP contribution in [0.5, 0.6) is 0 Å². The van der Waals surface area contributed by atoms with Crippen molar-refractivity contribution in [3.05, 3.63) is 0 Å². The number of nitrogens with zero attached hydrogens (tertiary/aromatic N) is 1. The quantitative estimate of drug-likeness (QED) is 0.744. The minimum atomic E-state index is 0.559. The van der Waals surface area contributed by atoms with Crippen LogP contribution in [0.3, 0.4) is 0 Å². The minimum Gasteiger partial charge on any atom is -0.383 e. The molecular weight excluding hydrogens is 248 g/mol. The first-order valence-electron chi connectivity index (χ1n) is 8.62. The summed E-state index contributed by atoms with van der Waals surface area (Å²) in [7, 11) is 1.81. The fourth-order valence-corrected chi connectivity index (χ4v) is 4.15. The second-order valence-electron chi connectivity index (χ2n) is 7.14. The Bertz CT molecular complexity index is 280. The number of rotatable bonds is 8. The van der Waals surface area contributed by atoms with Crippen LogP contribution in [0, 0.1) is 17.8 Å². The third-order valence-electron chi connectivity index (χ3n) is 5.57. The molecule has 3 nitrogen and oxygen atoms in total. The summed E-state index contributed by atoms with van der Waals surface area (Å²) < 4.78 is 5.34. The van der Waals surface area contributed by atoms with E-state index < -0.39 is 0 Å². The Balaban J connectivity index is 2.01. The summed E-state index contributed by atoms with van der Waals surface area (Å²) in [5.41, 5.74) is 6.20. The Hall–Kier alpha value is -0.120. The van der Waals surface area contributed by atoms with Gasteiger partial charge < -0.3 is 10.5 Å². The molecule has 0 bridgehead atoms. The van der Waals surface area contributed by atoms with Crippen molar-refractivity contribution in [2.24, 2.45) is 23.5 Å². The Morgan fingerprint density at radius 3 is 2.50 bits per heavy atom. The molecule has 2 rings (SSSR count). The smallest absolute Gasteiger partial charge is 0.0589 e. The molecule has 2 saturated carbocycles. The van der Waals surface area contributed by atoms with Crippen LogP contribution in [0.4, 0.5) is 0 Å². The molecule has 0 amide bonds. The molecule has 0 radical (unpaired) electrons. The molecule has 0 heterocycles. The van der Waals surface area contributed by atoms with Crippen molar-refractivity contribution >= 4 is 0 Å². The van der Waals surface area contributed by atoms with Crippen molar-refractivity contribution in [2.75, 3.05) is 26.8 Å². The molecule has 0 aromatic heterocycles. The molecule has 0 spiro atoms. The van der Waals surface area contributed by atoms with Crippen LogP contribution in [0.15, 0.2) is 0 Å². The molecule has 4 unspecified atom stereocenters. The summed E-state index contributed by atoms with van der Waals surface area (Å²) in [6.07, 6.45) is 8.34. The zero-order valence-electron chi connectivity index (χ0n) is 13.7. The van der Waals surface area contributed by atoms with Gasteiger partial charge in [0.2, 0.25) is 0 Å². The normalized spacial score (nSPS) is 30.4. The molecule has 2 aliphatic carbocycles. The number of nitrogens with two attached hydrogens (primary N) is 1. The third-order valence-corrected chi connectivity index (χ3v) is 5.57. The predicted octanol–water partition coefficient (Wildman–Crippen LogP) is 2.89. The van der Waals surface area contributed by atoms with Gasteiger partial charge in [0.05, 0.1) is 6.61 Å². The highest BCUT2D eigenvalue weighted by molar-refractivity contribution is 4.92. The average Bonchev–Trinajstić information content (AvgIpc) is 3.27. The summed E-state index contributed by atoms with van der Waals surface area (Å²) in [5, 5.41) is 0. The SMILES string of the molecule is COCCN(C(C)C1CC1)C(CN)C1CCCC(C)C1. The van der Waals surface area contributed by atoms with E-state index in [1.165, 1.54) is 38.5 Å². The van der Waals surface area contributed by atoms with Gasteiger partial charge in [-0.1, -0.05) is 19.8 Å². The van der Waals surface area contributed by atoms with E-state index >= 15 is 0 Å². The van der Waals surface area contributed by atoms with E-state index in [0.717, 1.165) is 37.5 Å². The van der Waals surface area contributed by atoms with Gasteiger partial charge in [-0.05, 0) is 50.4 Å². The highest BCUT2D eigenvalue weighted by Gasteiger charge is 2.37. The van der Waals surface area contributed by atoms with E-state index in [1.54, 1.807) is 7.11 Å². The van der Waals surface area contributed by atoms with Crippen molar-refractivity contribution in [1.29, 1.82) is 0 Å². The van der Waals surface area contributed by atoms with E-state index in [1.807, 2.05) is 0 Å². The van der Waals surface area contributed by atoms with Gasteiger partial charge in [0.15, 0.2) is 0 Å². The van der Waals surface area contributed by atoms with Crippen LogP contribution < -0.4 is 5.73 Å². The first-order chi connectivity index (χ1) is 9.67. The van der Waals surface area contributed by atoms with E-state index in [4.69, 9.17) is 10.5 Å². The van der Waals surface area contributed by atoms with Crippen LogP contribution in [-0.4, -0.2) is 43.8 Å². The topological polar surface area (TPSA) is 38.5 Å². The summed E-state index contributed by atoms with van der Waals surface area (Å²) in [6, 6.07) is 1.24. The fourth-order valence-electron chi connectivity index (χ4n) is 4.15. The molecule has 0 aromatic carbocycles. The number of methoxy groups -OCH3 is 1. The van der Waals surface area contributed by atoms with Crippen LogP contribution in [0.25, 0.3) is 0 Å². The lowest BCUT2D eigenvalue weighted by molar-refractivity contribution is 0.0425. The maximum Gasteiger partial charge on any atom is 0.0589 e.